The van der Waals surface area contributed by atoms with E-state index >= 15 is 0 Å². The van der Waals surface area contributed by atoms with Crippen molar-refractivity contribution in [3.8, 4) is 5.69 Å². The second-order valence-electron chi connectivity index (χ2n) is 7.30. The normalized spacial score (nSPS) is 17.7. The Morgan fingerprint density at radius 1 is 1.09 bits per heavy atom. The largest absolute Gasteiger partial charge is 0.419 e. The average Bonchev–Trinajstić information content (AvgIpc) is 3.41. The highest BCUT2D eigenvalue weighted by molar-refractivity contribution is 5.98. The molecule has 1 aliphatic heterocycles. The summed E-state index contributed by atoms with van der Waals surface area (Å²) in [5.41, 5.74) is -1.84. The number of hydrogen-bond donors (Lipinski definition) is 1. The molecule has 0 unspecified atom stereocenters. The van der Waals surface area contributed by atoms with E-state index in [1.807, 2.05) is 0 Å². The number of halogens is 7. The van der Waals surface area contributed by atoms with E-state index < -0.39 is 66.3 Å². The predicted octanol–water partition coefficient (Wildman–Crippen LogP) is 3.32. The summed E-state index contributed by atoms with van der Waals surface area (Å²) in [6, 6.07) is -0.548. The van der Waals surface area contributed by atoms with Gasteiger partial charge in [-0.05, 0) is 6.07 Å². The Bertz CT molecular complexity index is 1180. The van der Waals surface area contributed by atoms with Crippen LogP contribution in [0.2, 0.25) is 0 Å². The molecule has 1 N–H and O–H groups in total. The Kier molecular flexibility index (Phi) is 5.87. The van der Waals surface area contributed by atoms with Crippen molar-refractivity contribution in [2.24, 2.45) is 0 Å². The van der Waals surface area contributed by atoms with Crippen LogP contribution in [-0.4, -0.2) is 60.8 Å². The Balaban J connectivity index is 1.59. The number of anilines is 1. The quantitative estimate of drug-likeness (QED) is 0.554. The van der Waals surface area contributed by atoms with E-state index in [0.29, 0.717) is 24.5 Å². The highest BCUT2D eigenvalue weighted by Crippen LogP contribution is 2.36. The summed E-state index contributed by atoms with van der Waals surface area (Å²) in [4.78, 5) is 21.6. The number of alkyl halides is 5. The van der Waals surface area contributed by atoms with Crippen molar-refractivity contribution in [2.75, 3.05) is 18.4 Å². The molecule has 1 atom stereocenters. The molecule has 1 saturated heterocycles. The van der Waals surface area contributed by atoms with Crippen LogP contribution < -0.4 is 5.32 Å². The number of rotatable bonds is 5. The SMILES string of the molecule is O=C(c1cc(F)c(F)cc1-n1nccn1)N1CCC(F)(F)[C@H]1CNc1ncc(C(F)(F)F)cn1. The minimum absolute atomic E-state index is 0.262. The number of nitrogens with one attached hydrogen (secondary N) is 1. The van der Waals surface area contributed by atoms with E-state index in [2.05, 4.69) is 25.5 Å². The number of aromatic nitrogens is 5. The number of amides is 1. The molecule has 1 amide bonds. The van der Waals surface area contributed by atoms with Gasteiger partial charge in [0.1, 0.15) is 11.7 Å². The molecule has 3 heterocycles. The zero-order chi connectivity index (χ0) is 24.7. The van der Waals surface area contributed by atoms with Crippen molar-refractivity contribution in [2.45, 2.75) is 24.6 Å². The van der Waals surface area contributed by atoms with Crippen molar-refractivity contribution >= 4 is 11.9 Å². The second kappa shape index (κ2) is 8.53. The van der Waals surface area contributed by atoms with Crippen LogP contribution in [0.5, 0.6) is 0 Å². The lowest BCUT2D eigenvalue weighted by Crippen LogP contribution is -2.47. The summed E-state index contributed by atoms with van der Waals surface area (Å²) in [6.07, 6.45) is -2.00. The van der Waals surface area contributed by atoms with Gasteiger partial charge in [0, 0.05) is 38.0 Å². The predicted molar refractivity (Wildman–Crippen MR) is 101 cm³/mol. The molecule has 0 spiro atoms. The first-order chi connectivity index (χ1) is 16.0. The maximum Gasteiger partial charge on any atom is 0.419 e. The zero-order valence-corrected chi connectivity index (χ0v) is 16.9. The number of hydrogen-bond acceptors (Lipinski definition) is 6. The van der Waals surface area contributed by atoms with Crippen molar-refractivity contribution in [1.82, 2.24) is 29.9 Å². The first-order valence-corrected chi connectivity index (χ1v) is 9.65. The molecule has 3 aromatic rings. The Morgan fingerprint density at radius 3 is 2.32 bits per heavy atom. The van der Waals surface area contributed by atoms with E-state index in [0.717, 1.165) is 9.70 Å². The molecular formula is C19H14F7N7O. The molecule has 15 heteroatoms. The number of benzene rings is 1. The summed E-state index contributed by atoms with van der Waals surface area (Å²) in [5, 5.41) is 9.92. The van der Waals surface area contributed by atoms with Gasteiger partial charge < -0.3 is 10.2 Å². The molecule has 8 nitrogen and oxygen atoms in total. The molecule has 0 bridgehead atoms. The minimum Gasteiger partial charge on any atom is -0.352 e. The van der Waals surface area contributed by atoms with Crippen LogP contribution in [0.25, 0.3) is 5.69 Å². The molecule has 0 radical (unpaired) electrons. The van der Waals surface area contributed by atoms with E-state index in [1.54, 1.807) is 0 Å². The van der Waals surface area contributed by atoms with Crippen LogP contribution in [0.4, 0.5) is 36.7 Å². The second-order valence-corrected chi connectivity index (χ2v) is 7.30. The number of likely N-dealkylation sites (tertiary alicyclic amines) is 1. The average molecular weight is 489 g/mol. The van der Waals surface area contributed by atoms with Gasteiger partial charge in [-0.3, -0.25) is 4.79 Å². The summed E-state index contributed by atoms with van der Waals surface area (Å²) < 4.78 is 94.8. The first-order valence-electron chi connectivity index (χ1n) is 9.65. The lowest BCUT2D eigenvalue weighted by molar-refractivity contribution is -0.138. The zero-order valence-electron chi connectivity index (χ0n) is 16.9. The summed E-state index contributed by atoms with van der Waals surface area (Å²) in [6.45, 7) is -1.04. The fraction of sp³-hybridized carbons (Fsp3) is 0.316. The van der Waals surface area contributed by atoms with Crippen LogP contribution in [0.15, 0.2) is 36.9 Å². The van der Waals surface area contributed by atoms with E-state index in [9.17, 15) is 35.5 Å². The van der Waals surface area contributed by atoms with Gasteiger partial charge in [-0.25, -0.2) is 27.5 Å². The van der Waals surface area contributed by atoms with Gasteiger partial charge in [0.25, 0.3) is 11.8 Å². The fourth-order valence-corrected chi connectivity index (χ4v) is 3.44. The molecule has 1 aliphatic rings. The molecule has 1 aromatic carbocycles. The van der Waals surface area contributed by atoms with Crippen LogP contribution in [0.3, 0.4) is 0 Å². The fourth-order valence-electron chi connectivity index (χ4n) is 3.44. The first kappa shape index (κ1) is 23.4. The summed E-state index contributed by atoms with van der Waals surface area (Å²) >= 11 is 0. The maximum atomic E-state index is 14.6. The van der Waals surface area contributed by atoms with Gasteiger partial charge >= 0.3 is 6.18 Å². The highest BCUT2D eigenvalue weighted by atomic mass is 19.4. The molecule has 2 aromatic heterocycles. The van der Waals surface area contributed by atoms with Crippen LogP contribution in [0.1, 0.15) is 22.3 Å². The topological polar surface area (TPSA) is 88.8 Å². The third kappa shape index (κ3) is 4.49. The van der Waals surface area contributed by atoms with E-state index in [-0.39, 0.29) is 11.6 Å². The molecule has 0 aliphatic carbocycles. The number of carbonyl (C=O) groups excluding carboxylic acids is 1. The maximum absolute atomic E-state index is 14.6. The van der Waals surface area contributed by atoms with E-state index in [4.69, 9.17) is 0 Å². The van der Waals surface area contributed by atoms with Gasteiger partial charge in [0.15, 0.2) is 11.6 Å². The van der Waals surface area contributed by atoms with Crippen LogP contribution in [-0.2, 0) is 6.18 Å². The van der Waals surface area contributed by atoms with Crippen molar-refractivity contribution < 1.29 is 35.5 Å². The Labute approximate surface area is 186 Å². The molecule has 4 rings (SSSR count). The Morgan fingerprint density at radius 2 is 1.71 bits per heavy atom. The Hall–Kier alpha value is -3.78. The standard InChI is InChI=1S/C19H14F7N7O/c20-12-5-11(14(6-13(12)21)33-30-2-3-31-33)16(34)32-4-1-18(22,23)15(32)9-29-17-27-7-10(8-28-17)19(24,25)26/h2-3,5-8,15H,1,4,9H2,(H,27,28,29)/t15-/m1/s1. The number of carbonyl (C=O) groups is 1. The monoisotopic (exact) mass is 489 g/mol. The number of nitrogens with zero attached hydrogens (tertiary/aromatic N) is 6. The summed E-state index contributed by atoms with van der Waals surface area (Å²) in [5.74, 6) is -7.47. The third-order valence-corrected chi connectivity index (χ3v) is 5.15. The van der Waals surface area contributed by atoms with Crippen LogP contribution in [0, 0.1) is 11.6 Å². The van der Waals surface area contributed by atoms with Gasteiger partial charge in [0.2, 0.25) is 5.95 Å². The van der Waals surface area contributed by atoms with Gasteiger partial charge in [-0.1, -0.05) is 0 Å². The van der Waals surface area contributed by atoms with Crippen LogP contribution >= 0.6 is 0 Å². The van der Waals surface area contributed by atoms with Gasteiger partial charge in [-0.15, -0.1) is 0 Å². The molecule has 1 fully saturated rings. The van der Waals surface area contributed by atoms with Gasteiger partial charge in [-0.2, -0.15) is 28.2 Å². The third-order valence-electron chi connectivity index (χ3n) is 5.15. The van der Waals surface area contributed by atoms with Crippen molar-refractivity contribution in [3.63, 3.8) is 0 Å². The lowest BCUT2D eigenvalue weighted by Gasteiger charge is -2.28. The minimum atomic E-state index is -4.67. The molecular weight excluding hydrogens is 475 g/mol. The summed E-state index contributed by atoms with van der Waals surface area (Å²) in [7, 11) is 0. The lowest BCUT2D eigenvalue weighted by atomic mass is 10.1. The smallest absolute Gasteiger partial charge is 0.352 e. The molecule has 180 valence electrons. The van der Waals surface area contributed by atoms with Crippen molar-refractivity contribution in [3.05, 3.63) is 59.7 Å². The van der Waals surface area contributed by atoms with Gasteiger partial charge in [0.05, 0.1) is 23.5 Å². The molecule has 0 saturated carbocycles. The van der Waals surface area contributed by atoms with Crippen molar-refractivity contribution in [1.29, 1.82) is 0 Å². The highest BCUT2D eigenvalue weighted by Gasteiger charge is 2.51. The van der Waals surface area contributed by atoms with E-state index in [1.165, 1.54) is 12.4 Å². The molecule has 34 heavy (non-hydrogen) atoms.